The minimum absolute atomic E-state index is 0.0815. The van der Waals surface area contributed by atoms with Crippen LogP contribution in [0.5, 0.6) is 0 Å². The lowest BCUT2D eigenvalue weighted by Gasteiger charge is -2.69. The molecule has 4 nitrogen and oxygen atoms in total. The average Bonchev–Trinajstić information content (AvgIpc) is 2.76. The molecule has 3 saturated carbocycles. The molecule has 178 valence electrons. The number of carbonyl (C=O) groups excluding carboxylic acids is 3. The molecule has 0 aromatic rings. The largest absolute Gasteiger partial charge is 0.504 e. The van der Waals surface area contributed by atoms with Gasteiger partial charge >= 0.3 is 6.15 Å². The Labute approximate surface area is 197 Å². The smallest absolute Gasteiger partial charge is 0.373 e. The molecule has 0 unspecified atom stereocenters. The second kappa shape index (κ2) is 7.67. The molecule has 5 aliphatic rings. The molecule has 1 N–H and O–H groups in total. The Hall–Kier alpha value is -2.19. The van der Waals surface area contributed by atoms with E-state index in [4.69, 9.17) is 9.59 Å². The highest BCUT2D eigenvalue weighted by Gasteiger charge is 2.65. The summed E-state index contributed by atoms with van der Waals surface area (Å²) < 4.78 is 0. The summed E-state index contributed by atoms with van der Waals surface area (Å²) in [6.07, 6.45) is 15.6. The molecule has 0 aromatic carbocycles. The van der Waals surface area contributed by atoms with Gasteiger partial charge in [0.1, 0.15) is 0 Å². The quantitative estimate of drug-likeness (QED) is 0.448. The van der Waals surface area contributed by atoms with Gasteiger partial charge in [-0.05, 0) is 90.8 Å². The standard InChI is InChI=1S/C28H38O2.CO2/c1-17-9-10-25(3)11-13-27(5)22-8-7-19-18(2)24(30)21(29)16-20(19)26(22,4)12-14-28(27,6)23(25)15-17;2-1-3/h7-8,16-17,23,30H,9-15H2,1-6H3;/t17-,23+,25+,26-,27+,28-;/m0./s1. The molecule has 0 saturated heterocycles. The van der Waals surface area contributed by atoms with Crippen LogP contribution in [-0.4, -0.2) is 17.0 Å². The number of carbonyl (C=O) groups is 1. The highest BCUT2D eigenvalue weighted by Crippen LogP contribution is 2.74. The number of aliphatic hydroxyl groups is 1. The average molecular weight is 451 g/mol. The molecule has 6 atom stereocenters. The van der Waals surface area contributed by atoms with Gasteiger partial charge in [-0.25, -0.2) is 0 Å². The summed E-state index contributed by atoms with van der Waals surface area (Å²) in [6, 6.07) is 0. The summed E-state index contributed by atoms with van der Waals surface area (Å²) in [5.41, 5.74) is 5.33. The molecule has 0 amide bonds. The molecule has 33 heavy (non-hydrogen) atoms. The van der Waals surface area contributed by atoms with Crippen molar-refractivity contribution in [2.45, 2.75) is 86.5 Å². The molecule has 0 spiro atoms. The van der Waals surface area contributed by atoms with E-state index in [-0.39, 0.29) is 28.5 Å². The van der Waals surface area contributed by atoms with Gasteiger partial charge in [0.25, 0.3) is 0 Å². The molecule has 0 aliphatic heterocycles. The maximum atomic E-state index is 12.5. The van der Waals surface area contributed by atoms with Crippen LogP contribution in [0.3, 0.4) is 0 Å². The van der Waals surface area contributed by atoms with Crippen LogP contribution in [0.15, 0.2) is 46.3 Å². The van der Waals surface area contributed by atoms with Crippen molar-refractivity contribution < 1.29 is 19.5 Å². The first-order valence-electron chi connectivity index (χ1n) is 12.5. The molecule has 0 radical (unpaired) electrons. The number of hydrogen-bond acceptors (Lipinski definition) is 4. The van der Waals surface area contributed by atoms with Crippen molar-refractivity contribution in [1.82, 2.24) is 0 Å². The van der Waals surface area contributed by atoms with Crippen molar-refractivity contribution in [1.29, 1.82) is 0 Å². The van der Waals surface area contributed by atoms with E-state index < -0.39 is 0 Å². The maximum absolute atomic E-state index is 12.5. The van der Waals surface area contributed by atoms with E-state index in [1.165, 1.54) is 38.5 Å². The predicted octanol–water partition coefficient (Wildman–Crippen LogP) is 6.66. The number of ketones is 1. The van der Waals surface area contributed by atoms with Crippen LogP contribution >= 0.6 is 0 Å². The van der Waals surface area contributed by atoms with Gasteiger partial charge in [0.2, 0.25) is 5.78 Å². The summed E-state index contributed by atoms with van der Waals surface area (Å²) in [5.74, 6) is 1.30. The van der Waals surface area contributed by atoms with Crippen LogP contribution in [0, 0.1) is 33.5 Å². The summed E-state index contributed by atoms with van der Waals surface area (Å²) in [5, 5.41) is 10.3. The number of fused-ring (bicyclic) bond motifs is 7. The van der Waals surface area contributed by atoms with E-state index in [1.54, 1.807) is 11.6 Å². The molecule has 0 bridgehead atoms. The number of aliphatic hydroxyl groups excluding tert-OH is 1. The molecule has 5 rings (SSSR count). The fourth-order valence-electron chi connectivity index (χ4n) is 8.51. The van der Waals surface area contributed by atoms with Crippen molar-refractivity contribution >= 4 is 11.9 Å². The maximum Gasteiger partial charge on any atom is 0.373 e. The highest BCUT2D eigenvalue weighted by atomic mass is 16.3. The van der Waals surface area contributed by atoms with Gasteiger partial charge in [-0.15, -0.1) is 0 Å². The third-order valence-corrected chi connectivity index (χ3v) is 10.8. The zero-order valence-corrected chi connectivity index (χ0v) is 21.0. The number of allylic oxidation sites excluding steroid dienone is 7. The van der Waals surface area contributed by atoms with E-state index in [0.717, 1.165) is 35.0 Å². The van der Waals surface area contributed by atoms with Crippen LogP contribution in [-0.2, 0) is 14.4 Å². The van der Waals surface area contributed by atoms with Gasteiger partial charge in [0.15, 0.2) is 5.76 Å². The molecular formula is C29H38O4. The first-order chi connectivity index (χ1) is 15.4. The summed E-state index contributed by atoms with van der Waals surface area (Å²) in [7, 11) is 0. The van der Waals surface area contributed by atoms with Crippen LogP contribution in [0.1, 0.15) is 86.5 Å². The molecule has 0 heterocycles. The van der Waals surface area contributed by atoms with Crippen LogP contribution in [0.4, 0.5) is 0 Å². The monoisotopic (exact) mass is 450 g/mol. The zero-order valence-electron chi connectivity index (χ0n) is 21.0. The predicted molar refractivity (Wildman–Crippen MR) is 127 cm³/mol. The van der Waals surface area contributed by atoms with Gasteiger partial charge in [-0.1, -0.05) is 58.8 Å². The summed E-state index contributed by atoms with van der Waals surface area (Å²) in [6.45, 7) is 14.4. The lowest BCUT2D eigenvalue weighted by molar-refractivity contribution is -0.191. The molecular weight excluding hydrogens is 412 g/mol. The zero-order chi connectivity index (χ0) is 24.4. The van der Waals surface area contributed by atoms with Crippen molar-refractivity contribution in [2.75, 3.05) is 0 Å². The fraction of sp³-hybridized carbons (Fsp3) is 0.655. The topological polar surface area (TPSA) is 71.4 Å². The number of rotatable bonds is 0. The Kier molecular flexibility index (Phi) is 5.56. The van der Waals surface area contributed by atoms with E-state index >= 15 is 0 Å². The van der Waals surface area contributed by atoms with Gasteiger partial charge in [0, 0.05) is 11.0 Å². The van der Waals surface area contributed by atoms with Gasteiger partial charge in [0.05, 0.1) is 0 Å². The fourth-order valence-corrected chi connectivity index (χ4v) is 8.51. The normalized spacial score (nSPS) is 43.8. The summed E-state index contributed by atoms with van der Waals surface area (Å²) in [4.78, 5) is 28.8. The SMILES string of the molecule is CC1=C(O)C(=O)C=C2C1=CC=C1[C@@]2(C)CC[C@@]2(C)[C@@H]3C[C@@H](C)CC[C@]3(C)CC[C@]12C.O=C=O. The first-order valence-corrected chi connectivity index (χ1v) is 12.5. The highest BCUT2D eigenvalue weighted by molar-refractivity contribution is 6.06. The second-order valence-corrected chi connectivity index (χ2v) is 12.3. The first kappa shape index (κ1) is 24.0. The third kappa shape index (κ3) is 3.13. The van der Waals surface area contributed by atoms with Gasteiger partial charge in [-0.2, -0.15) is 9.59 Å². The Bertz CT molecular complexity index is 1050. The van der Waals surface area contributed by atoms with Gasteiger partial charge in [-0.3, -0.25) is 4.79 Å². The second-order valence-electron chi connectivity index (χ2n) is 12.3. The van der Waals surface area contributed by atoms with Crippen molar-refractivity contribution in [3.05, 3.63) is 46.3 Å². The Morgan fingerprint density at radius 2 is 1.67 bits per heavy atom. The Morgan fingerprint density at radius 3 is 2.33 bits per heavy atom. The van der Waals surface area contributed by atoms with E-state index in [1.807, 2.05) is 6.92 Å². The van der Waals surface area contributed by atoms with E-state index in [2.05, 4.69) is 46.8 Å². The van der Waals surface area contributed by atoms with Crippen LogP contribution < -0.4 is 0 Å². The lowest BCUT2D eigenvalue weighted by Crippen LogP contribution is -2.60. The van der Waals surface area contributed by atoms with Crippen molar-refractivity contribution in [3.63, 3.8) is 0 Å². The van der Waals surface area contributed by atoms with Crippen molar-refractivity contribution in [2.24, 2.45) is 33.5 Å². The number of hydrogen-bond donors (Lipinski definition) is 1. The Balaban J connectivity index is 0.000000821. The van der Waals surface area contributed by atoms with Crippen LogP contribution in [0.25, 0.3) is 0 Å². The lowest BCUT2D eigenvalue weighted by atomic mass is 9.35. The molecule has 3 fully saturated rings. The minimum atomic E-state index is -0.224. The van der Waals surface area contributed by atoms with E-state index in [0.29, 0.717) is 10.8 Å². The molecule has 5 aliphatic carbocycles. The van der Waals surface area contributed by atoms with Crippen molar-refractivity contribution in [3.8, 4) is 0 Å². The van der Waals surface area contributed by atoms with Gasteiger partial charge < -0.3 is 5.11 Å². The van der Waals surface area contributed by atoms with Crippen LogP contribution in [0.2, 0.25) is 0 Å². The third-order valence-electron chi connectivity index (χ3n) is 10.8. The molecule has 0 aromatic heterocycles. The summed E-state index contributed by atoms with van der Waals surface area (Å²) >= 11 is 0. The van der Waals surface area contributed by atoms with E-state index in [9.17, 15) is 9.90 Å². The Morgan fingerprint density at radius 1 is 1.00 bits per heavy atom. The molecule has 4 heteroatoms. The minimum Gasteiger partial charge on any atom is -0.504 e.